The SMILES string of the molecule is CC(F)(F)COC(=O)C1C2CC(Sc3ccc(Sc4ccc(SC5CC6CC5C(C(=O)OCC(F)(F)S(=O)(=O)O)C6C(=O)OC5(C)C6CC7CC(C6)CC5C7)cc4)cc3)C(C2)C1C(=O)OC1(C)C2CC3CC(C2)CC1C3. The van der Waals surface area contributed by atoms with E-state index in [0.717, 1.165) is 70.9 Å². The van der Waals surface area contributed by atoms with E-state index in [1.165, 1.54) is 12.8 Å². The van der Waals surface area contributed by atoms with Gasteiger partial charge in [-0.1, -0.05) is 11.8 Å². The van der Waals surface area contributed by atoms with Crippen LogP contribution in [0.4, 0.5) is 17.6 Å². The Morgan fingerprint density at radius 2 is 0.868 bits per heavy atom. The van der Waals surface area contributed by atoms with Crippen LogP contribution in [0.2, 0.25) is 0 Å². The number of carbonyl (C=O) groups excluding carboxylic acids is 4. The van der Waals surface area contributed by atoms with Gasteiger partial charge in [0.2, 0.25) is 0 Å². The third-order valence-electron chi connectivity index (χ3n) is 20.8. The summed E-state index contributed by atoms with van der Waals surface area (Å²) < 4.78 is 112. The Kier molecular flexibility index (Phi) is 13.8. The van der Waals surface area contributed by atoms with E-state index in [1.54, 1.807) is 35.3 Å². The van der Waals surface area contributed by atoms with Crippen molar-refractivity contribution in [1.82, 2.24) is 0 Å². The molecule has 2 aromatic carbocycles. The Balaban J connectivity index is 0.685. The molecule has 0 saturated heterocycles. The quantitative estimate of drug-likeness (QED) is 0.0690. The molecule has 0 aromatic heterocycles. The lowest BCUT2D eigenvalue weighted by Gasteiger charge is -2.59. The van der Waals surface area contributed by atoms with Crippen molar-refractivity contribution in [2.24, 2.45) is 94.7 Å². The van der Waals surface area contributed by atoms with Gasteiger partial charge in [0.05, 0.1) is 23.7 Å². The standard InChI is InChI=1S/C57H68F4O11S4/c1-54(58,59)26-69-50(62)46-32-22-43(49(46)53(65)72-56(3)36-18-30-13-31(20-36)21-37(56)19-30)45(24-32)75-41-10-6-39(7-11-41)73-38-4-8-40(9-5-38)74-44-25-33-23-42(44)48(51(63)70-27-57(60,61)76(66,67)68)47(33)52(64)71-55(2)34-14-28-12-29(16-34)17-35(55)15-28/h4-11,28-37,42-49H,12-27H2,1-3H3,(H,66,67,68). The van der Waals surface area contributed by atoms with Crippen LogP contribution in [-0.4, -0.2) is 82.9 Å². The van der Waals surface area contributed by atoms with Gasteiger partial charge in [-0.15, -0.1) is 23.5 Å². The van der Waals surface area contributed by atoms with E-state index in [-0.39, 0.29) is 46.1 Å². The molecule has 14 rings (SSSR count). The molecule has 10 unspecified atom stereocenters. The Labute approximate surface area is 455 Å². The molecule has 19 heteroatoms. The van der Waals surface area contributed by atoms with Crippen molar-refractivity contribution >= 4 is 69.3 Å². The summed E-state index contributed by atoms with van der Waals surface area (Å²) in [7, 11) is -5.85. The van der Waals surface area contributed by atoms with Crippen molar-refractivity contribution in [2.45, 2.75) is 163 Å². The fourth-order valence-corrected chi connectivity index (χ4v) is 21.5. The molecule has 76 heavy (non-hydrogen) atoms. The number of fused-ring (bicyclic) bond motifs is 4. The van der Waals surface area contributed by atoms with Crippen molar-refractivity contribution in [1.29, 1.82) is 0 Å². The predicted molar refractivity (Wildman–Crippen MR) is 275 cm³/mol. The van der Waals surface area contributed by atoms with E-state index in [4.69, 9.17) is 23.5 Å². The van der Waals surface area contributed by atoms with Crippen LogP contribution < -0.4 is 0 Å². The zero-order valence-electron chi connectivity index (χ0n) is 43.0. The first-order chi connectivity index (χ1) is 35.9. The molecular weight excluding hydrogens is 1060 g/mol. The molecular formula is C57H68F4O11S4. The Morgan fingerprint density at radius 1 is 0.526 bits per heavy atom. The van der Waals surface area contributed by atoms with E-state index in [2.05, 4.69) is 6.92 Å². The average Bonchev–Trinajstić information content (AvgIpc) is 4.18. The summed E-state index contributed by atoms with van der Waals surface area (Å²) >= 11 is 4.80. The fourth-order valence-electron chi connectivity index (χ4n) is 17.6. The lowest BCUT2D eigenvalue weighted by molar-refractivity contribution is -0.211. The number of hydrogen-bond acceptors (Lipinski definition) is 13. The van der Waals surface area contributed by atoms with E-state index >= 15 is 0 Å². The molecule has 12 fully saturated rings. The highest BCUT2D eigenvalue weighted by atomic mass is 32.2. The number of ether oxygens (including phenoxy) is 4. The topological polar surface area (TPSA) is 160 Å². The second-order valence-corrected chi connectivity index (χ2v) is 30.8. The van der Waals surface area contributed by atoms with E-state index in [1.807, 2.05) is 55.5 Å². The van der Waals surface area contributed by atoms with Gasteiger partial charge in [-0.3, -0.25) is 23.7 Å². The molecule has 414 valence electrons. The molecule has 12 bridgehead atoms. The van der Waals surface area contributed by atoms with Crippen molar-refractivity contribution in [3.63, 3.8) is 0 Å². The van der Waals surface area contributed by atoms with Gasteiger partial charge in [0.1, 0.15) is 11.2 Å². The van der Waals surface area contributed by atoms with Crippen LogP contribution in [-0.2, 0) is 48.2 Å². The Morgan fingerprint density at radius 3 is 1.26 bits per heavy atom. The summed E-state index contributed by atoms with van der Waals surface area (Å²) in [4.78, 5) is 60.1. The van der Waals surface area contributed by atoms with Gasteiger partial charge in [0.15, 0.2) is 13.2 Å². The minimum atomic E-state index is -5.85. The molecule has 0 radical (unpaired) electrons. The van der Waals surface area contributed by atoms with Gasteiger partial charge in [-0.25, -0.2) is 8.78 Å². The number of alkyl halides is 4. The number of carbonyl (C=O) groups is 4. The van der Waals surface area contributed by atoms with Crippen LogP contribution >= 0.6 is 35.3 Å². The molecule has 12 aliphatic carbocycles. The lowest BCUT2D eigenvalue weighted by Crippen LogP contribution is -2.59. The molecule has 0 spiro atoms. The van der Waals surface area contributed by atoms with Gasteiger partial charge in [-0.05, 0) is 223 Å². The molecule has 0 amide bonds. The Hall–Kier alpha value is -3.00. The number of hydrogen-bond donors (Lipinski definition) is 1. The molecule has 0 heterocycles. The Bertz CT molecular complexity index is 2660. The van der Waals surface area contributed by atoms with Crippen LogP contribution in [0.3, 0.4) is 0 Å². The molecule has 11 nitrogen and oxygen atoms in total. The summed E-state index contributed by atoms with van der Waals surface area (Å²) in [5, 5.41) is -4.85. The molecule has 1 N–H and O–H groups in total. The van der Waals surface area contributed by atoms with Gasteiger partial charge >= 0.3 is 39.2 Å². The lowest BCUT2D eigenvalue weighted by atomic mass is 9.50. The van der Waals surface area contributed by atoms with Crippen molar-refractivity contribution in [3.05, 3.63) is 48.5 Å². The summed E-state index contributed by atoms with van der Waals surface area (Å²) in [5.74, 6) is -6.90. The molecule has 0 aliphatic heterocycles. The summed E-state index contributed by atoms with van der Waals surface area (Å²) in [6.07, 6.45) is 13.0. The molecule has 12 saturated carbocycles. The van der Waals surface area contributed by atoms with Gasteiger partial charge in [-0.2, -0.15) is 17.2 Å². The third kappa shape index (κ3) is 9.84. The number of rotatable bonds is 17. The van der Waals surface area contributed by atoms with Crippen LogP contribution in [0.25, 0.3) is 0 Å². The largest absolute Gasteiger partial charge is 0.459 e. The van der Waals surface area contributed by atoms with Crippen molar-refractivity contribution in [2.75, 3.05) is 13.2 Å². The zero-order valence-corrected chi connectivity index (χ0v) is 46.3. The maximum atomic E-state index is 14.5. The van der Waals surface area contributed by atoms with Crippen LogP contribution in [0.15, 0.2) is 68.1 Å². The van der Waals surface area contributed by atoms with E-state index in [9.17, 15) is 45.2 Å². The van der Waals surface area contributed by atoms with Gasteiger partial charge < -0.3 is 18.9 Å². The second kappa shape index (κ2) is 19.6. The smallest absolute Gasteiger partial charge is 0.402 e. The highest BCUT2D eigenvalue weighted by molar-refractivity contribution is 8.00. The first-order valence-electron chi connectivity index (χ1n) is 27.6. The number of benzene rings is 2. The zero-order chi connectivity index (χ0) is 53.4. The monoisotopic (exact) mass is 1130 g/mol. The maximum Gasteiger partial charge on any atom is 0.402 e. The number of thioether (sulfide) groups is 2. The second-order valence-electron chi connectivity index (χ2n) is 25.5. The van der Waals surface area contributed by atoms with Gasteiger partial charge in [0.25, 0.3) is 5.92 Å². The highest BCUT2D eigenvalue weighted by Gasteiger charge is 2.65. The number of esters is 4. The van der Waals surface area contributed by atoms with Crippen LogP contribution in [0.1, 0.15) is 111 Å². The minimum absolute atomic E-state index is 0.0229. The molecule has 10 atom stereocenters. The van der Waals surface area contributed by atoms with Crippen molar-refractivity contribution in [3.8, 4) is 0 Å². The fraction of sp³-hybridized carbons (Fsp3) is 0.719. The van der Waals surface area contributed by atoms with E-state index in [0.29, 0.717) is 68.1 Å². The molecule has 2 aromatic rings. The van der Waals surface area contributed by atoms with Crippen LogP contribution in [0, 0.1) is 94.7 Å². The first kappa shape index (κ1) is 53.6. The minimum Gasteiger partial charge on any atom is -0.459 e. The summed E-state index contributed by atoms with van der Waals surface area (Å²) in [5.41, 5.74) is -1.27. The number of halogens is 4. The van der Waals surface area contributed by atoms with Crippen LogP contribution in [0.5, 0.6) is 0 Å². The summed E-state index contributed by atoms with van der Waals surface area (Å²) in [6, 6.07) is 16.1. The first-order valence-corrected chi connectivity index (χ1v) is 31.7. The third-order valence-corrected chi connectivity index (χ3v) is 25.5. The van der Waals surface area contributed by atoms with Gasteiger partial charge in [0, 0.05) is 37.0 Å². The molecule has 12 aliphatic rings. The summed E-state index contributed by atoms with van der Waals surface area (Å²) in [6.45, 7) is 1.93. The predicted octanol–water partition coefficient (Wildman–Crippen LogP) is 12.0. The van der Waals surface area contributed by atoms with E-state index < -0.39 is 93.2 Å². The average molecular weight is 1130 g/mol. The highest BCUT2D eigenvalue weighted by Crippen LogP contribution is 2.64. The maximum absolute atomic E-state index is 14.5. The van der Waals surface area contributed by atoms with Crippen molar-refractivity contribution < 1.29 is 68.7 Å². The normalized spacial score (nSPS) is 41.4.